The second-order valence-corrected chi connectivity index (χ2v) is 6.57. The molecule has 22 heavy (non-hydrogen) atoms. The topological polar surface area (TPSA) is 32.3 Å². The van der Waals surface area contributed by atoms with Crippen molar-refractivity contribution < 1.29 is 4.79 Å². The average Bonchev–Trinajstić information content (AvgIpc) is 2.94. The van der Waals surface area contributed by atoms with Crippen LogP contribution in [0, 0.1) is 12.8 Å². The monoisotopic (exact) mass is 324 g/mol. The Morgan fingerprint density at radius 3 is 2.32 bits per heavy atom. The molecule has 0 saturated carbocycles. The summed E-state index contributed by atoms with van der Waals surface area (Å²) in [5.74, 6) is 0.580. The Kier molecular flexibility index (Phi) is 7.91. The molecule has 1 aromatic carbocycles. The zero-order valence-electron chi connectivity index (χ0n) is 14.0. The summed E-state index contributed by atoms with van der Waals surface area (Å²) < 4.78 is 0. The van der Waals surface area contributed by atoms with E-state index in [1.807, 2.05) is 0 Å². The van der Waals surface area contributed by atoms with E-state index >= 15 is 0 Å². The maximum atomic E-state index is 11.9. The zero-order valence-corrected chi connectivity index (χ0v) is 14.8. The van der Waals surface area contributed by atoms with E-state index in [4.69, 9.17) is 0 Å². The van der Waals surface area contributed by atoms with Gasteiger partial charge in [-0.25, -0.2) is 0 Å². The minimum absolute atomic E-state index is 0. The van der Waals surface area contributed by atoms with Crippen LogP contribution >= 0.6 is 12.4 Å². The van der Waals surface area contributed by atoms with Crippen molar-refractivity contribution in [1.29, 1.82) is 0 Å². The minimum atomic E-state index is 0. The second kappa shape index (κ2) is 9.16. The van der Waals surface area contributed by atoms with E-state index in [0.717, 1.165) is 13.1 Å². The van der Waals surface area contributed by atoms with Crippen LogP contribution < -0.4 is 5.32 Å². The van der Waals surface area contributed by atoms with E-state index < -0.39 is 0 Å². The summed E-state index contributed by atoms with van der Waals surface area (Å²) >= 11 is 0. The van der Waals surface area contributed by atoms with Crippen LogP contribution in [-0.2, 0) is 4.79 Å². The highest BCUT2D eigenvalue weighted by molar-refractivity contribution is 5.85. The van der Waals surface area contributed by atoms with Gasteiger partial charge in [0.25, 0.3) is 0 Å². The average molecular weight is 325 g/mol. The van der Waals surface area contributed by atoms with Crippen molar-refractivity contribution in [2.45, 2.75) is 46.1 Å². The van der Waals surface area contributed by atoms with Crippen molar-refractivity contribution in [2.75, 3.05) is 19.6 Å². The van der Waals surface area contributed by atoms with E-state index in [2.05, 4.69) is 55.3 Å². The number of halogens is 1. The van der Waals surface area contributed by atoms with Crippen molar-refractivity contribution in [3.05, 3.63) is 35.4 Å². The number of rotatable bonds is 6. The number of benzene rings is 1. The summed E-state index contributed by atoms with van der Waals surface area (Å²) in [6.45, 7) is 9.26. The van der Waals surface area contributed by atoms with Gasteiger partial charge >= 0.3 is 0 Å². The lowest BCUT2D eigenvalue weighted by molar-refractivity contribution is -0.122. The molecule has 1 amide bonds. The Morgan fingerprint density at radius 1 is 1.18 bits per heavy atom. The number of hydrogen-bond donors (Lipinski definition) is 1. The predicted molar refractivity (Wildman–Crippen MR) is 94.4 cm³/mol. The molecular formula is C18H29ClN2O. The molecule has 0 aliphatic carbocycles. The van der Waals surface area contributed by atoms with Gasteiger partial charge < -0.3 is 5.32 Å². The predicted octanol–water partition coefficient (Wildman–Crippen LogP) is 3.72. The Bertz CT molecular complexity index is 453. The van der Waals surface area contributed by atoms with Crippen LogP contribution in [-0.4, -0.2) is 30.4 Å². The van der Waals surface area contributed by atoms with Crippen molar-refractivity contribution in [2.24, 2.45) is 5.92 Å². The smallest absolute Gasteiger partial charge is 0.220 e. The Hall–Kier alpha value is -1.06. The molecule has 124 valence electrons. The fourth-order valence-electron chi connectivity index (χ4n) is 2.95. The molecule has 1 heterocycles. The minimum Gasteiger partial charge on any atom is -0.354 e. The molecule has 3 nitrogen and oxygen atoms in total. The van der Waals surface area contributed by atoms with Crippen molar-refractivity contribution in [3.63, 3.8) is 0 Å². The lowest BCUT2D eigenvalue weighted by Crippen LogP contribution is -2.37. The molecule has 0 aromatic heterocycles. The molecule has 1 aliphatic heterocycles. The van der Waals surface area contributed by atoms with E-state index in [-0.39, 0.29) is 18.3 Å². The fraction of sp³-hybridized carbons (Fsp3) is 0.611. The first-order valence-electron chi connectivity index (χ1n) is 8.13. The highest BCUT2D eigenvalue weighted by atomic mass is 35.5. The number of aryl methyl sites for hydroxylation is 1. The van der Waals surface area contributed by atoms with Gasteiger partial charge in [0.05, 0.1) is 6.04 Å². The number of carbonyl (C=O) groups excluding carboxylic acids is 1. The molecule has 1 aromatic rings. The third-order valence-corrected chi connectivity index (χ3v) is 4.13. The fourth-order valence-corrected chi connectivity index (χ4v) is 2.95. The van der Waals surface area contributed by atoms with E-state index in [0.29, 0.717) is 24.9 Å². The first-order valence-corrected chi connectivity index (χ1v) is 8.13. The van der Waals surface area contributed by atoms with Gasteiger partial charge in [0.2, 0.25) is 5.91 Å². The lowest BCUT2D eigenvalue weighted by atomic mass is 10.0. The van der Waals surface area contributed by atoms with E-state index in [1.54, 1.807) is 0 Å². The summed E-state index contributed by atoms with van der Waals surface area (Å²) in [4.78, 5) is 14.4. The van der Waals surface area contributed by atoms with Gasteiger partial charge in [-0.15, -0.1) is 12.4 Å². The molecule has 2 rings (SSSR count). The first kappa shape index (κ1) is 19.0. The second-order valence-electron chi connectivity index (χ2n) is 6.57. The summed E-state index contributed by atoms with van der Waals surface area (Å²) in [6, 6.07) is 9.03. The van der Waals surface area contributed by atoms with Gasteiger partial charge in [-0.2, -0.15) is 0 Å². The molecular weight excluding hydrogens is 296 g/mol. The molecule has 1 aliphatic rings. The number of hydrogen-bond acceptors (Lipinski definition) is 2. The Labute approximate surface area is 140 Å². The third-order valence-electron chi connectivity index (χ3n) is 4.13. The third kappa shape index (κ3) is 5.62. The molecule has 1 unspecified atom stereocenters. The van der Waals surface area contributed by atoms with Crippen LogP contribution in [0.15, 0.2) is 24.3 Å². The summed E-state index contributed by atoms with van der Waals surface area (Å²) in [6.07, 6.45) is 3.14. The quantitative estimate of drug-likeness (QED) is 0.865. The van der Waals surface area contributed by atoms with Gasteiger partial charge in [-0.1, -0.05) is 43.7 Å². The van der Waals surface area contributed by atoms with Crippen molar-refractivity contribution in [3.8, 4) is 0 Å². The first-order chi connectivity index (χ1) is 10.1. The Morgan fingerprint density at radius 2 is 1.77 bits per heavy atom. The van der Waals surface area contributed by atoms with Crippen LogP contribution in [0.4, 0.5) is 0 Å². The highest BCUT2D eigenvalue weighted by Gasteiger charge is 2.23. The number of amides is 1. The van der Waals surface area contributed by atoms with E-state index in [9.17, 15) is 4.79 Å². The number of nitrogens with one attached hydrogen (secondary N) is 1. The number of carbonyl (C=O) groups is 1. The number of likely N-dealkylation sites (tertiary alicyclic amines) is 1. The molecule has 0 radical (unpaired) electrons. The molecule has 0 bridgehead atoms. The number of nitrogens with zero attached hydrogens (tertiary/aromatic N) is 1. The SMILES string of the molecule is Cc1ccc(C(CNC(=O)CC(C)C)N2CCCC2)cc1.Cl. The van der Waals surface area contributed by atoms with E-state index in [1.165, 1.54) is 24.0 Å². The largest absolute Gasteiger partial charge is 0.354 e. The molecule has 1 fully saturated rings. The molecule has 0 spiro atoms. The van der Waals surface area contributed by atoms with Gasteiger partial charge in [-0.05, 0) is 44.3 Å². The van der Waals surface area contributed by atoms with Crippen LogP contribution in [0.2, 0.25) is 0 Å². The Balaban J connectivity index is 0.00000242. The molecule has 1 saturated heterocycles. The standard InChI is InChI=1S/C18H28N2O.ClH/c1-14(2)12-18(21)19-13-17(20-10-4-5-11-20)16-8-6-15(3)7-9-16;/h6-9,14,17H,4-5,10-13H2,1-3H3,(H,19,21);1H. The maximum absolute atomic E-state index is 11.9. The van der Waals surface area contributed by atoms with Crippen LogP contribution in [0.25, 0.3) is 0 Å². The lowest BCUT2D eigenvalue weighted by Gasteiger charge is -2.28. The summed E-state index contributed by atoms with van der Waals surface area (Å²) in [7, 11) is 0. The maximum Gasteiger partial charge on any atom is 0.220 e. The molecule has 4 heteroatoms. The summed E-state index contributed by atoms with van der Waals surface area (Å²) in [5.41, 5.74) is 2.59. The van der Waals surface area contributed by atoms with Crippen LogP contribution in [0.1, 0.15) is 50.3 Å². The van der Waals surface area contributed by atoms with Crippen molar-refractivity contribution >= 4 is 18.3 Å². The zero-order chi connectivity index (χ0) is 15.2. The summed E-state index contributed by atoms with van der Waals surface area (Å²) in [5, 5.41) is 3.12. The normalized spacial score (nSPS) is 16.4. The molecule has 1 N–H and O–H groups in total. The molecule has 1 atom stereocenters. The highest BCUT2D eigenvalue weighted by Crippen LogP contribution is 2.25. The van der Waals surface area contributed by atoms with Gasteiger partial charge in [0.15, 0.2) is 0 Å². The van der Waals surface area contributed by atoms with Gasteiger partial charge in [-0.3, -0.25) is 9.69 Å². The van der Waals surface area contributed by atoms with Gasteiger partial charge in [0, 0.05) is 13.0 Å². The van der Waals surface area contributed by atoms with Crippen LogP contribution in [0.5, 0.6) is 0 Å². The van der Waals surface area contributed by atoms with Gasteiger partial charge in [0.1, 0.15) is 0 Å². The van der Waals surface area contributed by atoms with Crippen LogP contribution in [0.3, 0.4) is 0 Å². The van der Waals surface area contributed by atoms with Crippen molar-refractivity contribution in [1.82, 2.24) is 10.2 Å².